The van der Waals surface area contributed by atoms with Gasteiger partial charge in [0.15, 0.2) is 0 Å². The molecule has 0 atom stereocenters. The molecule has 0 aliphatic carbocycles. The average Bonchev–Trinajstić information content (AvgIpc) is 2.41. The van der Waals surface area contributed by atoms with Crippen LogP contribution in [0.2, 0.25) is 0 Å². The van der Waals surface area contributed by atoms with E-state index in [1.807, 2.05) is 19.9 Å². The Kier molecular flexibility index (Phi) is 4.04. The van der Waals surface area contributed by atoms with Gasteiger partial charge in [0, 0.05) is 7.05 Å². The first-order valence-corrected chi connectivity index (χ1v) is 6.76. The van der Waals surface area contributed by atoms with Crippen molar-refractivity contribution in [3.8, 4) is 11.6 Å². The summed E-state index contributed by atoms with van der Waals surface area (Å²) in [4.78, 5) is 8.29. The maximum absolute atomic E-state index is 5.96. The molecule has 4 nitrogen and oxygen atoms in total. The molecule has 0 fully saturated rings. The monoisotopic (exact) mass is 321 g/mol. The van der Waals surface area contributed by atoms with Gasteiger partial charge in [-0.2, -0.15) is 0 Å². The molecule has 1 heterocycles. The highest BCUT2D eigenvalue weighted by Gasteiger charge is 2.13. The Bertz CT molecular complexity index is 614. The third kappa shape index (κ3) is 2.71. The first-order valence-electron chi connectivity index (χ1n) is 5.97. The van der Waals surface area contributed by atoms with Gasteiger partial charge in [-0.3, -0.25) is 0 Å². The van der Waals surface area contributed by atoms with E-state index in [0.717, 1.165) is 21.3 Å². The molecule has 0 saturated heterocycles. The molecule has 0 amide bonds. The van der Waals surface area contributed by atoms with Crippen LogP contribution in [0, 0.1) is 20.8 Å². The van der Waals surface area contributed by atoms with Crippen LogP contribution >= 0.6 is 15.9 Å². The molecule has 100 valence electrons. The van der Waals surface area contributed by atoms with E-state index in [-0.39, 0.29) is 0 Å². The Balaban J connectivity index is 2.45. The molecule has 0 saturated carbocycles. The molecule has 1 N–H and O–H groups in total. The van der Waals surface area contributed by atoms with E-state index in [1.165, 1.54) is 11.9 Å². The van der Waals surface area contributed by atoms with Gasteiger partial charge in [0.2, 0.25) is 5.88 Å². The fourth-order valence-corrected chi connectivity index (χ4v) is 2.26. The number of anilines is 1. The molecular weight excluding hydrogens is 306 g/mol. The highest BCUT2D eigenvalue weighted by Crippen LogP contribution is 2.35. The van der Waals surface area contributed by atoms with Crippen LogP contribution in [0.3, 0.4) is 0 Å². The minimum absolute atomic E-state index is 0.510. The van der Waals surface area contributed by atoms with Crippen LogP contribution in [-0.2, 0) is 0 Å². The lowest BCUT2D eigenvalue weighted by atomic mass is 10.1. The van der Waals surface area contributed by atoms with E-state index >= 15 is 0 Å². The second-order valence-corrected chi connectivity index (χ2v) is 5.14. The van der Waals surface area contributed by atoms with Crippen LogP contribution in [0.15, 0.2) is 22.9 Å². The number of halogens is 1. The van der Waals surface area contributed by atoms with Crippen molar-refractivity contribution in [3.63, 3.8) is 0 Å². The van der Waals surface area contributed by atoms with Crippen molar-refractivity contribution >= 4 is 21.7 Å². The molecule has 1 aromatic heterocycles. The zero-order valence-corrected chi connectivity index (χ0v) is 13.0. The molecule has 2 rings (SSSR count). The van der Waals surface area contributed by atoms with Crippen molar-refractivity contribution in [1.29, 1.82) is 0 Å². The van der Waals surface area contributed by atoms with Crippen LogP contribution in [0.5, 0.6) is 11.6 Å². The second-order valence-electron chi connectivity index (χ2n) is 4.35. The van der Waals surface area contributed by atoms with Crippen LogP contribution in [-0.4, -0.2) is 17.0 Å². The van der Waals surface area contributed by atoms with Gasteiger partial charge in [-0.15, -0.1) is 0 Å². The largest absolute Gasteiger partial charge is 0.437 e. The smallest absolute Gasteiger partial charge is 0.238 e. The number of hydrogen-bond donors (Lipinski definition) is 1. The lowest BCUT2D eigenvalue weighted by Gasteiger charge is -2.14. The number of hydrogen-bond acceptors (Lipinski definition) is 4. The SMILES string of the molecule is CNc1ncnc(Oc2c(C)ccc(C)c2C)c1Br. The molecule has 0 spiro atoms. The van der Waals surface area contributed by atoms with Crippen LogP contribution < -0.4 is 10.1 Å². The topological polar surface area (TPSA) is 47.0 Å². The molecule has 1 aromatic carbocycles. The van der Waals surface area contributed by atoms with Gasteiger partial charge in [-0.1, -0.05) is 12.1 Å². The highest BCUT2D eigenvalue weighted by atomic mass is 79.9. The molecular formula is C14H16BrN3O. The summed E-state index contributed by atoms with van der Waals surface area (Å²) in [6.45, 7) is 6.14. The molecule has 0 aliphatic heterocycles. The maximum Gasteiger partial charge on any atom is 0.238 e. The van der Waals surface area contributed by atoms with E-state index in [4.69, 9.17) is 4.74 Å². The summed E-state index contributed by atoms with van der Waals surface area (Å²) in [5, 5.41) is 2.98. The Morgan fingerprint density at radius 2 is 1.79 bits per heavy atom. The Hall–Kier alpha value is -1.62. The van der Waals surface area contributed by atoms with Crippen LogP contribution in [0.1, 0.15) is 16.7 Å². The van der Waals surface area contributed by atoms with Gasteiger partial charge >= 0.3 is 0 Å². The molecule has 0 bridgehead atoms. The number of rotatable bonds is 3. The van der Waals surface area contributed by atoms with Crippen molar-refractivity contribution in [1.82, 2.24) is 9.97 Å². The van der Waals surface area contributed by atoms with E-state index in [9.17, 15) is 0 Å². The Morgan fingerprint density at radius 1 is 1.11 bits per heavy atom. The summed E-state index contributed by atoms with van der Waals surface area (Å²) in [5.41, 5.74) is 3.40. The van der Waals surface area contributed by atoms with Crippen LogP contribution in [0.25, 0.3) is 0 Å². The van der Waals surface area contributed by atoms with E-state index in [1.54, 1.807) is 7.05 Å². The minimum Gasteiger partial charge on any atom is -0.437 e. The summed E-state index contributed by atoms with van der Waals surface area (Å²) < 4.78 is 6.68. The zero-order valence-electron chi connectivity index (χ0n) is 11.4. The quantitative estimate of drug-likeness (QED) is 0.928. The van der Waals surface area contributed by atoms with Gasteiger partial charge in [-0.05, 0) is 53.4 Å². The van der Waals surface area contributed by atoms with Gasteiger partial charge in [0.25, 0.3) is 0 Å². The Morgan fingerprint density at radius 3 is 2.47 bits per heavy atom. The lowest BCUT2D eigenvalue weighted by molar-refractivity contribution is 0.451. The third-order valence-electron chi connectivity index (χ3n) is 3.07. The number of benzene rings is 1. The van der Waals surface area contributed by atoms with Crippen LogP contribution in [0.4, 0.5) is 5.82 Å². The number of nitrogens with one attached hydrogen (secondary N) is 1. The summed E-state index contributed by atoms with van der Waals surface area (Å²) in [6, 6.07) is 4.14. The maximum atomic E-state index is 5.96. The minimum atomic E-state index is 0.510. The highest BCUT2D eigenvalue weighted by molar-refractivity contribution is 9.10. The van der Waals surface area contributed by atoms with E-state index in [0.29, 0.717) is 11.7 Å². The molecule has 0 unspecified atom stereocenters. The summed E-state index contributed by atoms with van der Waals surface area (Å²) in [5.74, 6) is 2.06. The predicted molar refractivity (Wildman–Crippen MR) is 80.0 cm³/mol. The van der Waals surface area contributed by atoms with Gasteiger partial charge in [0.05, 0.1) is 0 Å². The molecule has 0 radical (unpaired) electrons. The molecule has 2 aromatic rings. The fourth-order valence-electron chi connectivity index (χ4n) is 1.78. The van der Waals surface area contributed by atoms with Crippen molar-refractivity contribution in [2.45, 2.75) is 20.8 Å². The second kappa shape index (κ2) is 5.57. The summed E-state index contributed by atoms with van der Waals surface area (Å²) >= 11 is 3.45. The van der Waals surface area contributed by atoms with E-state index < -0.39 is 0 Å². The fraction of sp³-hybridized carbons (Fsp3) is 0.286. The van der Waals surface area contributed by atoms with Crippen molar-refractivity contribution < 1.29 is 4.74 Å². The summed E-state index contributed by atoms with van der Waals surface area (Å²) in [6.07, 6.45) is 1.48. The average molecular weight is 322 g/mol. The lowest BCUT2D eigenvalue weighted by Crippen LogP contribution is -2.00. The molecule has 5 heteroatoms. The van der Waals surface area contributed by atoms with Gasteiger partial charge in [-0.25, -0.2) is 9.97 Å². The van der Waals surface area contributed by atoms with Gasteiger partial charge < -0.3 is 10.1 Å². The van der Waals surface area contributed by atoms with E-state index in [2.05, 4.69) is 44.2 Å². The van der Waals surface area contributed by atoms with Crippen molar-refractivity contribution in [2.24, 2.45) is 0 Å². The number of aromatic nitrogens is 2. The number of nitrogens with zero attached hydrogens (tertiary/aromatic N) is 2. The number of aryl methyl sites for hydroxylation is 2. The number of ether oxygens (including phenoxy) is 1. The third-order valence-corrected chi connectivity index (χ3v) is 3.78. The predicted octanol–water partition coefficient (Wildman–Crippen LogP) is 4.00. The van der Waals surface area contributed by atoms with Crippen molar-refractivity contribution in [3.05, 3.63) is 39.6 Å². The van der Waals surface area contributed by atoms with Gasteiger partial charge in [0.1, 0.15) is 22.4 Å². The summed E-state index contributed by atoms with van der Waals surface area (Å²) in [7, 11) is 1.81. The van der Waals surface area contributed by atoms with Crippen molar-refractivity contribution in [2.75, 3.05) is 12.4 Å². The molecule has 19 heavy (non-hydrogen) atoms. The first kappa shape index (κ1) is 13.8. The first-order chi connectivity index (χ1) is 9.04. The zero-order chi connectivity index (χ0) is 14.0. The normalized spacial score (nSPS) is 10.4. The Labute approximate surface area is 121 Å². The molecule has 0 aliphatic rings. The standard InChI is InChI=1S/C14H16BrN3O/c1-8-5-6-9(2)12(10(8)3)19-14-11(15)13(16-4)17-7-18-14/h5-7H,1-4H3,(H,16,17,18).